The van der Waals surface area contributed by atoms with Gasteiger partial charge >= 0.3 is 0 Å². The second-order valence-electron chi connectivity index (χ2n) is 5.23. The number of hydrogen-bond donors (Lipinski definition) is 0. The van der Waals surface area contributed by atoms with Gasteiger partial charge < -0.3 is 4.74 Å². The highest BCUT2D eigenvalue weighted by molar-refractivity contribution is 6.30. The van der Waals surface area contributed by atoms with Crippen LogP contribution in [-0.2, 0) is 6.42 Å². The summed E-state index contributed by atoms with van der Waals surface area (Å²) < 4.78 is 5.38. The maximum atomic E-state index is 6.10. The average molecular weight is 326 g/mol. The van der Waals surface area contributed by atoms with Crippen molar-refractivity contribution in [1.29, 1.82) is 0 Å². The summed E-state index contributed by atoms with van der Waals surface area (Å²) in [5.74, 6) is 1.34. The largest absolute Gasteiger partial charge is 0.481 e. The average Bonchev–Trinajstić information content (AvgIpc) is 2.57. The van der Waals surface area contributed by atoms with E-state index in [4.69, 9.17) is 16.3 Å². The van der Waals surface area contributed by atoms with Gasteiger partial charge in [-0.1, -0.05) is 23.7 Å². The molecule has 0 saturated carbocycles. The van der Waals surface area contributed by atoms with Gasteiger partial charge in [0.25, 0.3) is 0 Å². The van der Waals surface area contributed by atoms with Gasteiger partial charge in [-0.2, -0.15) is 0 Å². The van der Waals surface area contributed by atoms with Crippen LogP contribution < -0.4 is 4.74 Å². The third kappa shape index (κ3) is 3.66. The van der Waals surface area contributed by atoms with Crippen molar-refractivity contribution in [2.24, 2.45) is 0 Å². The van der Waals surface area contributed by atoms with Gasteiger partial charge in [-0.15, -0.1) is 0 Å². The van der Waals surface area contributed by atoms with Gasteiger partial charge in [0.15, 0.2) is 0 Å². The molecule has 3 rings (SSSR count). The van der Waals surface area contributed by atoms with Crippen LogP contribution >= 0.6 is 11.6 Å². The lowest BCUT2D eigenvalue weighted by Crippen LogP contribution is -1.97. The molecule has 2 aromatic heterocycles. The number of halogens is 1. The molecule has 0 saturated heterocycles. The molecule has 0 spiro atoms. The zero-order valence-electron chi connectivity index (χ0n) is 13.0. The van der Waals surface area contributed by atoms with Gasteiger partial charge in [0.1, 0.15) is 5.82 Å². The SMILES string of the molecule is COc1ncc(Cc2cnc(C)nc2)cc1-c1cccc(Cl)c1. The van der Waals surface area contributed by atoms with Crippen molar-refractivity contribution in [3.8, 4) is 17.0 Å². The summed E-state index contributed by atoms with van der Waals surface area (Å²) >= 11 is 6.10. The Morgan fingerprint density at radius 1 is 1.00 bits per heavy atom. The molecule has 0 radical (unpaired) electrons. The third-order valence-electron chi connectivity index (χ3n) is 3.48. The van der Waals surface area contributed by atoms with E-state index in [2.05, 4.69) is 21.0 Å². The maximum Gasteiger partial charge on any atom is 0.221 e. The van der Waals surface area contributed by atoms with E-state index in [0.717, 1.165) is 28.1 Å². The van der Waals surface area contributed by atoms with E-state index in [1.807, 2.05) is 49.8 Å². The number of benzene rings is 1. The van der Waals surface area contributed by atoms with Crippen LogP contribution in [0.4, 0.5) is 0 Å². The van der Waals surface area contributed by atoms with Gasteiger partial charge in [0.05, 0.1) is 7.11 Å². The van der Waals surface area contributed by atoms with Crippen LogP contribution in [0.15, 0.2) is 48.9 Å². The highest BCUT2D eigenvalue weighted by Gasteiger charge is 2.10. The van der Waals surface area contributed by atoms with Gasteiger partial charge in [-0.05, 0) is 41.8 Å². The molecule has 0 atom stereocenters. The Morgan fingerprint density at radius 2 is 1.74 bits per heavy atom. The Kier molecular flexibility index (Phi) is 4.53. The van der Waals surface area contributed by atoms with Crippen LogP contribution in [0.1, 0.15) is 17.0 Å². The first-order valence-corrected chi connectivity index (χ1v) is 7.60. The minimum Gasteiger partial charge on any atom is -0.481 e. The fraction of sp³-hybridized carbons (Fsp3) is 0.167. The lowest BCUT2D eigenvalue weighted by atomic mass is 10.0. The molecule has 3 aromatic rings. The summed E-state index contributed by atoms with van der Waals surface area (Å²) in [4.78, 5) is 12.9. The van der Waals surface area contributed by atoms with Crippen molar-refractivity contribution in [2.45, 2.75) is 13.3 Å². The van der Waals surface area contributed by atoms with Crippen molar-refractivity contribution in [3.05, 3.63) is 70.9 Å². The fourth-order valence-corrected chi connectivity index (χ4v) is 2.55. The highest BCUT2D eigenvalue weighted by Crippen LogP contribution is 2.30. The van der Waals surface area contributed by atoms with E-state index in [-0.39, 0.29) is 0 Å². The van der Waals surface area contributed by atoms with E-state index < -0.39 is 0 Å². The molecule has 0 unspecified atom stereocenters. The molecule has 0 amide bonds. The Bertz CT molecular complexity index is 819. The molecule has 0 aliphatic rings. The molecule has 0 aliphatic heterocycles. The molecule has 116 valence electrons. The Hall–Kier alpha value is -2.46. The van der Waals surface area contributed by atoms with Gasteiger partial charge in [-0.3, -0.25) is 0 Å². The normalized spacial score (nSPS) is 10.6. The molecule has 4 nitrogen and oxygen atoms in total. The lowest BCUT2D eigenvalue weighted by molar-refractivity contribution is 0.399. The molecule has 0 fully saturated rings. The number of methoxy groups -OCH3 is 1. The van der Waals surface area contributed by atoms with Crippen LogP contribution in [-0.4, -0.2) is 22.1 Å². The van der Waals surface area contributed by atoms with Crippen LogP contribution in [0.3, 0.4) is 0 Å². The predicted molar refractivity (Wildman–Crippen MR) is 90.8 cm³/mol. The van der Waals surface area contributed by atoms with Crippen LogP contribution in [0, 0.1) is 6.92 Å². The molecule has 5 heteroatoms. The molecule has 0 bridgehead atoms. The van der Waals surface area contributed by atoms with E-state index >= 15 is 0 Å². The molecule has 1 aromatic carbocycles. The summed E-state index contributed by atoms with van der Waals surface area (Å²) in [6.45, 7) is 1.87. The molecule has 0 N–H and O–H groups in total. The summed E-state index contributed by atoms with van der Waals surface area (Å²) in [5, 5.41) is 0.682. The Morgan fingerprint density at radius 3 is 2.43 bits per heavy atom. The van der Waals surface area contributed by atoms with E-state index in [1.165, 1.54) is 0 Å². The first-order valence-electron chi connectivity index (χ1n) is 7.22. The van der Waals surface area contributed by atoms with Crippen molar-refractivity contribution in [1.82, 2.24) is 15.0 Å². The van der Waals surface area contributed by atoms with Gasteiger partial charge in [0.2, 0.25) is 5.88 Å². The summed E-state index contributed by atoms with van der Waals surface area (Å²) in [7, 11) is 1.61. The minimum atomic E-state index is 0.580. The number of rotatable bonds is 4. The van der Waals surface area contributed by atoms with E-state index in [1.54, 1.807) is 7.11 Å². The van der Waals surface area contributed by atoms with Crippen molar-refractivity contribution in [2.75, 3.05) is 7.11 Å². The maximum absolute atomic E-state index is 6.10. The first-order chi connectivity index (χ1) is 11.2. The number of hydrogen-bond acceptors (Lipinski definition) is 4. The topological polar surface area (TPSA) is 47.9 Å². The monoisotopic (exact) mass is 325 g/mol. The van der Waals surface area contributed by atoms with E-state index in [9.17, 15) is 0 Å². The highest BCUT2D eigenvalue weighted by atomic mass is 35.5. The number of ether oxygens (including phenoxy) is 1. The molecule has 23 heavy (non-hydrogen) atoms. The zero-order valence-corrected chi connectivity index (χ0v) is 13.7. The number of pyridine rings is 1. The third-order valence-corrected chi connectivity index (χ3v) is 3.71. The van der Waals surface area contributed by atoms with E-state index in [0.29, 0.717) is 17.3 Å². The fourth-order valence-electron chi connectivity index (χ4n) is 2.36. The van der Waals surface area contributed by atoms with Gasteiger partial charge in [-0.25, -0.2) is 15.0 Å². The van der Waals surface area contributed by atoms with Crippen molar-refractivity contribution in [3.63, 3.8) is 0 Å². The molecular formula is C18H16ClN3O. The predicted octanol–water partition coefficient (Wildman–Crippen LogP) is 4.10. The van der Waals surface area contributed by atoms with Gasteiger partial charge in [0, 0.05) is 35.6 Å². The minimum absolute atomic E-state index is 0.580. The lowest BCUT2D eigenvalue weighted by Gasteiger charge is -2.10. The second-order valence-corrected chi connectivity index (χ2v) is 5.66. The second kappa shape index (κ2) is 6.75. The summed E-state index contributed by atoms with van der Waals surface area (Å²) in [6, 6.07) is 9.72. The van der Waals surface area contributed by atoms with Crippen molar-refractivity contribution < 1.29 is 4.74 Å². The smallest absolute Gasteiger partial charge is 0.221 e. The summed E-state index contributed by atoms with van der Waals surface area (Å²) in [5.41, 5.74) is 4.00. The summed E-state index contributed by atoms with van der Waals surface area (Å²) in [6.07, 6.45) is 6.20. The molecule has 0 aliphatic carbocycles. The number of nitrogens with zero attached hydrogens (tertiary/aromatic N) is 3. The molecule has 2 heterocycles. The Balaban J connectivity index is 1.97. The quantitative estimate of drug-likeness (QED) is 0.724. The molecular weight excluding hydrogens is 310 g/mol. The van der Waals surface area contributed by atoms with Crippen LogP contribution in [0.5, 0.6) is 5.88 Å². The number of aromatic nitrogens is 3. The standard InChI is InChI=1S/C18H16ClN3O/c1-12-20-10-14(11-21-12)6-13-7-17(18(23-2)22-9-13)15-4-3-5-16(19)8-15/h3-5,7-11H,6H2,1-2H3. The van der Waals surface area contributed by atoms with Crippen LogP contribution in [0.2, 0.25) is 5.02 Å². The van der Waals surface area contributed by atoms with Crippen molar-refractivity contribution >= 4 is 11.6 Å². The zero-order chi connectivity index (χ0) is 16.2. The Labute approximate surface area is 140 Å². The first kappa shape index (κ1) is 15.4. The number of aryl methyl sites for hydroxylation is 1. The van der Waals surface area contributed by atoms with Crippen LogP contribution in [0.25, 0.3) is 11.1 Å².